The zero-order valence-electron chi connectivity index (χ0n) is 16.8. The van der Waals surface area contributed by atoms with Crippen LogP contribution in [0.5, 0.6) is 11.8 Å². The molecular formula is C20H23N7O3. The molecule has 2 aliphatic rings. The lowest BCUT2D eigenvalue weighted by molar-refractivity contribution is -0.120. The van der Waals surface area contributed by atoms with Crippen molar-refractivity contribution >= 4 is 17.4 Å². The Morgan fingerprint density at radius 3 is 2.53 bits per heavy atom. The third kappa shape index (κ3) is 2.56. The van der Waals surface area contributed by atoms with Gasteiger partial charge in [-0.3, -0.25) is 9.36 Å². The van der Waals surface area contributed by atoms with Crippen molar-refractivity contribution in [1.82, 2.24) is 24.1 Å². The van der Waals surface area contributed by atoms with Crippen LogP contribution < -0.4 is 9.80 Å². The van der Waals surface area contributed by atoms with Crippen LogP contribution >= 0.6 is 0 Å². The molecule has 1 atom stereocenters. The summed E-state index contributed by atoms with van der Waals surface area (Å²) in [5.74, 6) is 1.09. The van der Waals surface area contributed by atoms with E-state index in [4.69, 9.17) is 4.98 Å². The zero-order valence-corrected chi connectivity index (χ0v) is 16.8. The highest BCUT2D eigenvalue weighted by Gasteiger charge is 2.42. The SMILES string of the molecule is CC[C@@H]1C(=O)N(C)c2cnc(-n3ccnc3-n3c(O)ccc3O)nc2N1C1CCC1. The second kappa shape index (κ2) is 6.75. The summed E-state index contributed by atoms with van der Waals surface area (Å²) in [5, 5.41) is 20.2. The third-order valence-electron chi connectivity index (χ3n) is 6.03. The number of hydrogen-bond donors (Lipinski definition) is 2. The summed E-state index contributed by atoms with van der Waals surface area (Å²) in [6.45, 7) is 2.01. The molecule has 0 saturated heterocycles. The number of aromatic nitrogens is 5. The number of fused-ring (bicyclic) bond motifs is 1. The molecule has 4 heterocycles. The Labute approximate surface area is 173 Å². The fourth-order valence-electron chi connectivity index (χ4n) is 4.21. The fraction of sp³-hybridized carbons (Fsp3) is 0.400. The Kier molecular flexibility index (Phi) is 4.16. The number of likely N-dealkylation sites (N-methyl/N-ethyl adjacent to an activating group) is 1. The maximum absolute atomic E-state index is 12.9. The Balaban J connectivity index is 1.65. The summed E-state index contributed by atoms with van der Waals surface area (Å²) in [6, 6.07) is 2.80. The van der Waals surface area contributed by atoms with E-state index in [1.807, 2.05) is 6.92 Å². The molecule has 0 bridgehead atoms. The predicted molar refractivity (Wildman–Crippen MR) is 109 cm³/mol. The van der Waals surface area contributed by atoms with Crippen LogP contribution in [0.2, 0.25) is 0 Å². The van der Waals surface area contributed by atoms with Gasteiger partial charge in [-0.05, 0) is 25.7 Å². The number of anilines is 2. The van der Waals surface area contributed by atoms with E-state index in [0.717, 1.165) is 25.1 Å². The molecule has 0 aromatic carbocycles. The normalized spacial score (nSPS) is 19.1. The maximum atomic E-state index is 12.9. The summed E-state index contributed by atoms with van der Waals surface area (Å²) >= 11 is 0. The van der Waals surface area contributed by atoms with Crippen LogP contribution in [0, 0.1) is 0 Å². The summed E-state index contributed by atoms with van der Waals surface area (Å²) < 4.78 is 2.80. The Morgan fingerprint density at radius 2 is 1.90 bits per heavy atom. The minimum Gasteiger partial charge on any atom is -0.494 e. The van der Waals surface area contributed by atoms with Crippen molar-refractivity contribution in [2.75, 3.05) is 16.8 Å². The molecule has 0 unspecified atom stereocenters. The second-order valence-electron chi connectivity index (χ2n) is 7.67. The van der Waals surface area contributed by atoms with E-state index in [1.54, 1.807) is 35.1 Å². The average Bonchev–Trinajstić information content (AvgIpc) is 3.30. The van der Waals surface area contributed by atoms with Crippen LogP contribution in [-0.4, -0.2) is 59.3 Å². The number of imidazole rings is 1. The van der Waals surface area contributed by atoms with E-state index in [-0.39, 0.29) is 35.7 Å². The van der Waals surface area contributed by atoms with E-state index in [1.165, 1.54) is 16.7 Å². The number of hydrogen-bond acceptors (Lipinski definition) is 7. The second-order valence-corrected chi connectivity index (χ2v) is 7.67. The van der Waals surface area contributed by atoms with Crippen molar-refractivity contribution in [3.63, 3.8) is 0 Å². The molecule has 10 heteroatoms. The monoisotopic (exact) mass is 409 g/mol. The number of aromatic hydroxyl groups is 2. The first-order valence-corrected chi connectivity index (χ1v) is 10.1. The lowest BCUT2D eigenvalue weighted by atomic mass is 9.88. The molecule has 1 aliphatic carbocycles. The molecule has 2 N–H and O–H groups in total. The summed E-state index contributed by atoms with van der Waals surface area (Å²) in [6.07, 6.45) is 8.77. The van der Waals surface area contributed by atoms with Gasteiger partial charge in [0.1, 0.15) is 11.7 Å². The Hall–Kier alpha value is -3.56. The molecule has 1 amide bonds. The maximum Gasteiger partial charge on any atom is 0.249 e. The number of nitrogens with zero attached hydrogens (tertiary/aromatic N) is 7. The van der Waals surface area contributed by atoms with Gasteiger partial charge in [0.2, 0.25) is 29.6 Å². The van der Waals surface area contributed by atoms with Gasteiger partial charge in [-0.25, -0.2) is 14.5 Å². The molecule has 5 rings (SSSR count). The first-order chi connectivity index (χ1) is 14.5. The van der Waals surface area contributed by atoms with Crippen molar-refractivity contribution in [3.8, 4) is 23.7 Å². The lowest BCUT2D eigenvalue weighted by Crippen LogP contribution is -2.57. The molecule has 10 nitrogen and oxygen atoms in total. The Morgan fingerprint density at radius 1 is 1.17 bits per heavy atom. The van der Waals surface area contributed by atoms with Gasteiger partial charge in [-0.1, -0.05) is 6.92 Å². The van der Waals surface area contributed by atoms with Crippen molar-refractivity contribution < 1.29 is 15.0 Å². The predicted octanol–water partition coefficient (Wildman–Crippen LogP) is 1.98. The largest absolute Gasteiger partial charge is 0.494 e. The minimum absolute atomic E-state index is 0.0544. The third-order valence-corrected chi connectivity index (χ3v) is 6.03. The van der Waals surface area contributed by atoms with Gasteiger partial charge in [0.05, 0.1) is 6.20 Å². The highest BCUT2D eigenvalue weighted by atomic mass is 16.3. The fourth-order valence-corrected chi connectivity index (χ4v) is 4.21. The van der Waals surface area contributed by atoms with Crippen LogP contribution in [0.3, 0.4) is 0 Å². The van der Waals surface area contributed by atoms with E-state index >= 15 is 0 Å². The van der Waals surface area contributed by atoms with Crippen LogP contribution in [-0.2, 0) is 4.79 Å². The number of amides is 1. The molecule has 3 aromatic rings. The lowest BCUT2D eigenvalue weighted by Gasteiger charge is -2.47. The molecule has 0 spiro atoms. The average molecular weight is 409 g/mol. The van der Waals surface area contributed by atoms with Gasteiger partial charge in [-0.2, -0.15) is 4.98 Å². The molecule has 1 fully saturated rings. The van der Waals surface area contributed by atoms with E-state index in [9.17, 15) is 15.0 Å². The Bertz CT molecular complexity index is 1100. The van der Waals surface area contributed by atoms with Crippen LogP contribution in [0.15, 0.2) is 30.7 Å². The van der Waals surface area contributed by atoms with E-state index in [2.05, 4.69) is 14.9 Å². The van der Waals surface area contributed by atoms with Crippen molar-refractivity contribution in [2.24, 2.45) is 0 Å². The standard InChI is InChI=1S/C20H23N7O3/c1-3-13-18(30)24(2)14-11-22-19(23-17(14)26(13)12-5-4-6-12)25-10-9-21-20(25)27-15(28)7-8-16(27)29/h7-13,28-29H,3-6H2,1-2H3/t13-/m1/s1. The first kappa shape index (κ1) is 18.5. The van der Waals surface area contributed by atoms with E-state index < -0.39 is 0 Å². The number of rotatable bonds is 4. The molecule has 3 aromatic heterocycles. The molecule has 30 heavy (non-hydrogen) atoms. The first-order valence-electron chi connectivity index (χ1n) is 10.1. The number of carbonyl (C=O) groups excluding carboxylic acids is 1. The molecule has 1 aliphatic heterocycles. The van der Waals surface area contributed by atoms with Crippen molar-refractivity contribution in [2.45, 2.75) is 44.7 Å². The highest BCUT2D eigenvalue weighted by Crippen LogP contribution is 2.40. The molecule has 0 radical (unpaired) electrons. The molecule has 1 saturated carbocycles. The van der Waals surface area contributed by atoms with Crippen LogP contribution in [0.25, 0.3) is 11.9 Å². The smallest absolute Gasteiger partial charge is 0.249 e. The van der Waals surface area contributed by atoms with Gasteiger partial charge in [0, 0.05) is 37.6 Å². The van der Waals surface area contributed by atoms with Gasteiger partial charge in [0.15, 0.2) is 5.82 Å². The highest BCUT2D eigenvalue weighted by molar-refractivity contribution is 6.04. The van der Waals surface area contributed by atoms with Gasteiger partial charge in [0.25, 0.3) is 0 Å². The topological polar surface area (TPSA) is 113 Å². The summed E-state index contributed by atoms with van der Waals surface area (Å²) in [4.78, 5) is 30.2. The van der Waals surface area contributed by atoms with Gasteiger partial charge >= 0.3 is 0 Å². The summed E-state index contributed by atoms with van der Waals surface area (Å²) in [7, 11) is 1.75. The van der Waals surface area contributed by atoms with Crippen LogP contribution in [0.4, 0.5) is 11.5 Å². The zero-order chi connectivity index (χ0) is 21.0. The molecule has 156 valence electrons. The van der Waals surface area contributed by atoms with Crippen LogP contribution in [0.1, 0.15) is 32.6 Å². The summed E-state index contributed by atoms with van der Waals surface area (Å²) in [5.41, 5.74) is 0.675. The van der Waals surface area contributed by atoms with Crippen molar-refractivity contribution in [1.29, 1.82) is 0 Å². The quantitative estimate of drug-likeness (QED) is 0.677. The number of carbonyl (C=O) groups is 1. The van der Waals surface area contributed by atoms with Crippen molar-refractivity contribution in [3.05, 3.63) is 30.7 Å². The van der Waals surface area contributed by atoms with Gasteiger partial charge < -0.3 is 20.0 Å². The molecular weight excluding hydrogens is 386 g/mol. The van der Waals surface area contributed by atoms with Gasteiger partial charge in [-0.15, -0.1) is 0 Å². The van der Waals surface area contributed by atoms with E-state index in [0.29, 0.717) is 18.1 Å². The minimum atomic E-state index is -0.254.